The lowest BCUT2D eigenvalue weighted by Crippen LogP contribution is -2.31. The van der Waals surface area contributed by atoms with Crippen molar-refractivity contribution in [2.24, 2.45) is 5.41 Å². The van der Waals surface area contributed by atoms with Gasteiger partial charge in [-0.1, -0.05) is 12.1 Å². The van der Waals surface area contributed by atoms with E-state index in [0.717, 1.165) is 23.2 Å². The van der Waals surface area contributed by atoms with Gasteiger partial charge in [0.2, 0.25) is 11.8 Å². The van der Waals surface area contributed by atoms with E-state index in [2.05, 4.69) is 10.6 Å². The number of carboxylic acid groups (broad SMARTS) is 1. The van der Waals surface area contributed by atoms with Crippen LogP contribution < -0.4 is 10.6 Å². The van der Waals surface area contributed by atoms with Gasteiger partial charge in [-0.15, -0.1) is 0 Å². The third kappa shape index (κ3) is 4.81. The zero-order chi connectivity index (χ0) is 17.7. The monoisotopic (exact) mass is 332 g/mol. The summed E-state index contributed by atoms with van der Waals surface area (Å²) < 4.78 is 0. The average molecular weight is 332 g/mol. The van der Waals surface area contributed by atoms with Crippen LogP contribution in [-0.2, 0) is 27.2 Å². The molecule has 0 aliphatic carbocycles. The summed E-state index contributed by atoms with van der Waals surface area (Å²) in [5.41, 5.74) is 2.17. The summed E-state index contributed by atoms with van der Waals surface area (Å²) in [6.45, 7) is 3.66. The predicted molar refractivity (Wildman–Crippen MR) is 90.8 cm³/mol. The number of carbonyl (C=O) groups excluding carboxylic acids is 2. The van der Waals surface area contributed by atoms with E-state index in [1.54, 1.807) is 13.8 Å². The molecule has 0 atom stereocenters. The minimum Gasteiger partial charge on any atom is -0.481 e. The fraction of sp³-hybridized carbons (Fsp3) is 0.500. The van der Waals surface area contributed by atoms with Crippen molar-refractivity contribution >= 4 is 23.5 Å². The number of amides is 2. The standard InChI is InChI=1S/C18H24N2O4/c1-18(2,17(23)24)8-9-19-15(21)5-3-4-12-6-7-14-13(10-12)11-16(22)20-14/h6-7,10H,3-5,8-9,11H2,1-2H3,(H,19,21)(H,20,22)(H,23,24). The summed E-state index contributed by atoms with van der Waals surface area (Å²) in [6, 6.07) is 5.89. The van der Waals surface area contributed by atoms with E-state index in [-0.39, 0.29) is 11.8 Å². The highest BCUT2D eigenvalue weighted by atomic mass is 16.4. The SMILES string of the molecule is CC(C)(CCNC(=O)CCCc1ccc2c(c1)CC(=O)N2)C(=O)O. The Labute approximate surface area is 141 Å². The molecule has 24 heavy (non-hydrogen) atoms. The van der Waals surface area contributed by atoms with Gasteiger partial charge in [0.05, 0.1) is 11.8 Å². The Morgan fingerprint density at radius 1 is 1.33 bits per heavy atom. The van der Waals surface area contributed by atoms with Crippen molar-refractivity contribution in [2.75, 3.05) is 11.9 Å². The predicted octanol–water partition coefficient (Wildman–Crippen LogP) is 2.12. The number of carboxylic acids is 1. The number of nitrogens with one attached hydrogen (secondary N) is 2. The van der Waals surface area contributed by atoms with Gasteiger partial charge < -0.3 is 15.7 Å². The maximum atomic E-state index is 11.8. The van der Waals surface area contributed by atoms with E-state index < -0.39 is 11.4 Å². The van der Waals surface area contributed by atoms with Crippen molar-refractivity contribution < 1.29 is 19.5 Å². The van der Waals surface area contributed by atoms with Gasteiger partial charge >= 0.3 is 5.97 Å². The number of carbonyl (C=O) groups is 3. The quantitative estimate of drug-likeness (QED) is 0.679. The molecule has 0 fully saturated rings. The Morgan fingerprint density at radius 3 is 2.79 bits per heavy atom. The van der Waals surface area contributed by atoms with Gasteiger partial charge in [-0.25, -0.2) is 0 Å². The molecular weight excluding hydrogens is 308 g/mol. The molecule has 6 heteroatoms. The number of anilines is 1. The van der Waals surface area contributed by atoms with Crippen LogP contribution in [0, 0.1) is 5.41 Å². The molecule has 1 aliphatic rings. The van der Waals surface area contributed by atoms with Gasteiger partial charge in [0.1, 0.15) is 0 Å². The molecule has 130 valence electrons. The largest absolute Gasteiger partial charge is 0.481 e. The number of fused-ring (bicyclic) bond motifs is 1. The van der Waals surface area contributed by atoms with Gasteiger partial charge in [0, 0.05) is 18.7 Å². The van der Waals surface area contributed by atoms with Crippen molar-refractivity contribution in [1.29, 1.82) is 0 Å². The van der Waals surface area contributed by atoms with Gasteiger partial charge in [-0.05, 0) is 50.3 Å². The van der Waals surface area contributed by atoms with Crippen LogP contribution >= 0.6 is 0 Å². The van der Waals surface area contributed by atoms with Crippen LogP contribution in [0.15, 0.2) is 18.2 Å². The van der Waals surface area contributed by atoms with Crippen molar-refractivity contribution in [3.8, 4) is 0 Å². The third-order valence-electron chi connectivity index (χ3n) is 4.32. The molecule has 2 rings (SSSR count). The first kappa shape index (κ1) is 18.0. The minimum atomic E-state index is -0.860. The van der Waals surface area contributed by atoms with E-state index in [9.17, 15) is 14.4 Å². The van der Waals surface area contributed by atoms with Crippen LogP contribution in [0.25, 0.3) is 0 Å². The molecule has 1 heterocycles. The molecule has 1 aliphatic heterocycles. The summed E-state index contributed by atoms with van der Waals surface area (Å²) >= 11 is 0. The van der Waals surface area contributed by atoms with Crippen molar-refractivity contribution in [2.45, 2.75) is 46.0 Å². The molecule has 0 saturated heterocycles. The van der Waals surface area contributed by atoms with Crippen LogP contribution in [0.1, 0.15) is 44.2 Å². The van der Waals surface area contributed by atoms with Gasteiger partial charge in [-0.2, -0.15) is 0 Å². The molecule has 0 saturated carbocycles. The van der Waals surface area contributed by atoms with E-state index in [1.165, 1.54) is 0 Å². The Balaban J connectivity index is 1.69. The molecule has 1 aromatic carbocycles. The van der Waals surface area contributed by atoms with Crippen molar-refractivity contribution in [3.63, 3.8) is 0 Å². The highest BCUT2D eigenvalue weighted by molar-refractivity contribution is 5.99. The fourth-order valence-electron chi connectivity index (χ4n) is 2.60. The Hall–Kier alpha value is -2.37. The average Bonchev–Trinajstić information content (AvgIpc) is 2.86. The normalized spacial score (nSPS) is 13.3. The smallest absolute Gasteiger partial charge is 0.309 e. The molecule has 0 radical (unpaired) electrons. The third-order valence-corrected chi connectivity index (χ3v) is 4.32. The number of aliphatic carboxylic acids is 1. The van der Waals surface area contributed by atoms with E-state index in [1.807, 2.05) is 18.2 Å². The van der Waals surface area contributed by atoms with Crippen LogP contribution in [0.3, 0.4) is 0 Å². The minimum absolute atomic E-state index is 0.0193. The van der Waals surface area contributed by atoms with Crippen LogP contribution in [-0.4, -0.2) is 29.4 Å². The topological polar surface area (TPSA) is 95.5 Å². The summed E-state index contributed by atoms with van der Waals surface area (Å²) in [5.74, 6) is -0.902. The molecule has 0 unspecified atom stereocenters. The second-order valence-electron chi connectivity index (χ2n) is 6.86. The number of benzene rings is 1. The van der Waals surface area contributed by atoms with Gasteiger partial charge in [0.25, 0.3) is 0 Å². The van der Waals surface area contributed by atoms with Crippen LogP contribution in [0.5, 0.6) is 0 Å². The Bertz CT molecular complexity index is 652. The van der Waals surface area contributed by atoms with Gasteiger partial charge in [0.15, 0.2) is 0 Å². The molecule has 6 nitrogen and oxygen atoms in total. The molecule has 0 spiro atoms. The lowest BCUT2D eigenvalue weighted by atomic mass is 9.90. The number of rotatable bonds is 8. The molecule has 1 aromatic rings. The second kappa shape index (κ2) is 7.47. The second-order valence-corrected chi connectivity index (χ2v) is 6.86. The molecule has 3 N–H and O–H groups in total. The Kier molecular flexibility index (Phi) is 5.59. The molecule has 0 aromatic heterocycles. The zero-order valence-corrected chi connectivity index (χ0v) is 14.1. The first-order valence-corrected chi connectivity index (χ1v) is 8.20. The van der Waals surface area contributed by atoms with E-state index in [0.29, 0.717) is 32.2 Å². The van der Waals surface area contributed by atoms with Crippen LogP contribution in [0.4, 0.5) is 5.69 Å². The van der Waals surface area contributed by atoms with Crippen molar-refractivity contribution in [1.82, 2.24) is 5.32 Å². The fourth-order valence-corrected chi connectivity index (χ4v) is 2.60. The highest BCUT2D eigenvalue weighted by Crippen LogP contribution is 2.24. The van der Waals surface area contributed by atoms with Crippen molar-refractivity contribution in [3.05, 3.63) is 29.3 Å². The van der Waals surface area contributed by atoms with E-state index >= 15 is 0 Å². The summed E-state index contributed by atoms with van der Waals surface area (Å²) in [5, 5.41) is 14.6. The molecule has 0 bridgehead atoms. The summed E-state index contributed by atoms with van der Waals surface area (Å²) in [4.78, 5) is 34.1. The highest BCUT2D eigenvalue weighted by Gasteiger charge is 2.26. The maximum absolute atomic E-state index is 11.8. The summed E-state index contributed by atoms with van der Waals surface area (Å²) in [7, 11) is 0. The molecule has 2 amide bonds. The van der Waals surface area contributed by atoms with Gasteiger partial charge in [-0.3, -0.25) is 14.4 Å². The lowest BCUT2D eigenvalue weighted by molar-refractivity contribution is -0.147. The number of hydrogen-bond donors (Lipinski definition) is 3. The number of hydrogen-bond acceptors (Lipinski definition) is 3. The maximum Gasteiger partial charge on any atom is 0.309 e. The lowest BCUT2D eigenvalue weighted by Gasteiger charge is -2.18. The first-order chi connectivity index (χ1) is 11.3. The van der Waals surface area contributed by atoms with Crippen LogP contribution in [0.2, 0.25) is 0 Å². The first-order valence-electron chi connectivity index (χ1n) is 8.20. The number of aryl methyl sites for hydroxylation is 1. The summed E-state index contributed by atoms with van der Waals surface area (Å²) in [6.07, 6.45) is 2.72. The Morgan fingerprint density at radius 2 is 2.08 bits per heavy atom. The van der Waals surface area contributed by atoms with E-state index in [4.69, 9.17) is 5.11 Å². The zero-order valence-electron chi connectivity index (χ0n) is 14.1. The molecular formula is C18H24N2O4.